The van der Waals surface area contributed by atoms with Crippen molar-refractivity contribution in [2.24, 2.45) is 5.14 Å². The topological polar surface area (TPSA) is 72.2 Å². The Labute approximate surface area is 133 Å². The maximum atomic E-state index is 11.0. The first kappa shape index (κ1) is 16.1. The van der Waals surface area contributed by atoms with Gasteiger partial charge < -0.3 is 5.32 Å². The summed E-state index contributed by atoms with van der Waals surface area (Å²) in [7, 11) is -3.50. The highest BCUT2D eigenvalue weighted by Gasteiger charge is 2.05. The molecule has 0 fully saturated rings. The van der Waals surface area contributed by atoms with Crippen LogP contribution in [-0.4, -0.2) is 8.42 Å². The largest absolute Gasteiger partial charge is 0.381 e. The molecule has 0 radical (unpaired) electrons. The van der Waals surface area contributed by atoms with E-state index in [0.717, 1.165) is 11.3 Å². The predicted octanol–water partition coefficient (Wildman–Crippen LogP) is 3.39. The van der Waals surface area contributed by atoms with E-state index in [2.05, 4.69) is 5.32 Å². The van der Waals surface area contributed by atoms with Crippen LogP contribution in [0.15, 0.2) is 42.5 Å². The number of nitrogens with one attached hydrogen (secondary N) is 1. The monoisotopic (exact) mass is 344 g/mol. The lowest BCUT2D eigenvalue weighted by molar-refractivity contribution is 0.597. The number of nitrogens with two attached hydrogens (primary N) is 1. The Morgan fingerprint density at radius 2 is 1.57 bits per heavy atom. The summed E-state index contributed by atoms with van der Waals surface area (Å²) in [4.78, 5) is 0. The van der Waals surface area contributed by atoms with Crippen LogP contribution in [0.1, 0.15) is 11.1 Å². The first-order chi connectivity index (χ1) is 9.83. The Hall–Kier alpha value is -1.27. The summed E-state index contributed by atoms with van der Waals surface area (Å²) in [6.45, 7) is 0.589. The number of anilines is 1. The van der Waals surface area contributed by atoms with E-state index in [1.165, 1.54) is 0 Å². The molecular formula is C14H14Cl2N2O2S. The molecule has 2 aromatic carbocycles. The second kappa shape index (κ2) is 6.66. The fourth-order valence-electron chi connectivity index (χ4n) is 1.80. The molecule has 7 heteroatoms. The molecule has 0 aliphatic carbocycles. The highest BCUT2D eigenvalue weighted by atomic mass is 35.5. The molecule has 0 bridgehead atoms. The van der Waals surface area contributed by atoms with Gasteiger partial charge in [0, 0.05) is 12.2 Å². The van der Waals surface area contributed by atoms with Gasteiger partial charge in [-0.1, -0.05) is 41.4 Å². The van der Waals surface area contributed by atoms with Crippen molar-refractivity contribution < 1.29 is 8.42 Å². The molecule has 0 aromatic heterocycles. The molecule has 112 valence electrons. The van der Waals surface area contributed by atoms with E-state index < -0.39 is 10.0 Å². The Balaban J connectivity index is 1.99. The van der Waals surface area contributed by atoms with Crippen LogP contribution in [0.3, 0.4) is 0 Å². The van der Waals surface area contributed by atoms with Gasteiger partial charge in [0.05, 0.1) is 15.8 Å². The van der Waals surface area contributed by atoms with Gasteiger partial charge in [-0.3, -0.25) is 0 Å². The number of primary sulfonamides is 1. The van der Waals surface area contributed by atoms with Crippen molar-refractivity contribution in [2.45, 2.75) is 12.3 Å². The molecule has 0 saturated carbocycles. The third-order valence-electron chi connectivity index (χ3n) is 2.80. The molecule has 2 aromatic rings. The number of halogens is 2. The van der Waals surface area contributed by atoms with Gasteiger partial charge in [0.25, 0.3) is 0 Å². The quantitative estimate of drug-likeness (QED) is 0.872. The third-order valence-corrected chi connectivity index (χ3v) is 4.28. The van der Waals surface area contributed by atoms with Gasteiger partial charge in [-0.2, -0.15) is 0 Å². The standard InChI is InChI=1S/C14H14Cl2N2O2S/c15-13-6-3-11(7-14(13)16)8-18-12-4-1-10(2-5-12)9-21(17,19)20/h1-7,18H,8-9H2,(H2,17,19,20). The summed E-state index contributed by atoms with van der Waals surface area (Å²) in [5.41, 5.74) is 2.52. The van der Waals surface area contributed by atoms with Crippen LogP contribution in [0.25, 0.3) is 0 Å². The lowest BCUT2D eigenvalue weighted by Gasteiger charge is -2.08. The van der Waals surface area contributed by atoms with Crippen molar-refractivity contribution in [1.29, 1.82) is 0 Å². The van der Waals surface area contributed by atoms with Crippen LogP contribution in [0, 0.1) is 0 Å². The molecule has 0 aliphatic rings. The molecule has 0 spiro atoms. The summed E-state index contributed by atoms with van der Waals surface area (Å²) in [6.07, 6.45) is 0. The fourth-order valence-corrected chi connectivity index (χ4v) is 2.78. The minimum absolute atomic E-state index is 0.167. The van der Waals surface area contributed by atoms with Crippen molar-refractivity contribution in [3.05, 3.63) is 63.6 Å². The van der Waals surface area contributed by atoms with Crippen molar-refractivity contribution in [2.75, 3.05) is 5.32 Å². The lowest BCUT2D eigenvalue weighted by atomic mass is 10.2. The molecule has 3 N–H and O–H groups in total. The fraction of sp³-hybridized carbons (Fsp3) is 0.143. The number of benzene rings is 2. The first-order valence-electron chi connectivity index (χ1n) is 6.11. The molecule has 0 aliphatic heterocycles. The number of hydrogen-bond acceptors (Lipinski definition) is 3. The van der Waals surface area contributed by atoms with E-state index >= 15 is 0 Å². The van der Waals surface area contributed by atoms with E-state index in [-0.39, 0.29) is 5.75 Å². The lowest BCUT2D eigenvalue weighted by Crippen LogP contribution is -2.14. The van der Waals surface area contributed by atoms with E-state index in [9.17, 15) is 8.42 Å². The SMILES string of the molecule is NS(=O)(=O)Cc1ccc(NCc2ccc(Cl)c(Cl)c2)cc1. The highest BCUT2D eigenvalue weighted by molar-refractivity contribution is 7.88. The van der Waals surface area contributed by atoms with Crippen molar-refractivity contribution in [1.82, 2.24) is 0 Å². The van der Waals surface area contributed by atoms with E-state index in [1.807, 2.05) is 6.07 Å². The minimum atomic E-state index is -3.50. The van der Waals surface area contributed by atoms with Gasteiger partial charge in [0.2, 0.25) is 10.0 Å². The number of rotatable bonds is 5. The van der Waals surface area contributed by atoms with Gasteiger partial charge in [0.1, 0.15) is 0 Å². The summed E-state index contributed by atoms with van der Waals surface area (Å²) < 4.78 is 22.0. The Morgan fingerprint density at radius 1 is 0.952 bits per heavy atom. The van der Waals surface area contributed by atoms with Crippen LogP contribution >= 0.6 is 23.2 Å². The molecule has 4 nitrogen and oxygen atoms in total. The Bertz CT molecular complexity index is 731. The van der Waals surface area contributed by atoms with E-state index in [4.69, 9.17) is 28.3 Å². The summed E-state index contributed by atoms with van der Waals surface area (Å²) in [5.74, 6) is -0.167. The van der Waals surface area contributed by atoms with Crippen molar-refractivity contribution in [3.63, 3.8) is 0 Å². The Kier molecular flexibility index (Phi) is 5.11. The Morgan fingerprint density at radius 3 is 2.14 bits per heavy atom. The zero-order valence-corrected chi connectivity index (χ0v) is 13.3. The zero-order valence-electron chi connectivity index (χ0n) is 11.0. The highest BCUT2D eigenvalue weighted by Crippen LogP contribution is 2.23. The van der Waals surface area contributed by atoms with Crippen molar-refractivity contribution >= 4 is 38.9 Å². The smallest absolute Gasteiger partial charge is 0.213 e. The molecular weight excluding hydrogens is 331 g/mol. The summed E-state index contributed by atoms with van der Waals surface area (Å²) >= 11 is 11.8. The van der Waals surface area contributed by atoms with Gasteiger partial charge in [0.15, 0.2) is 0 Å². The van der Waals surface area contributed by atoms with Crippen LogP contribution in [0.5, 0.6) is 0 Å². The average Bonchev–Trinajstić information content (AvgIpc) is 2.40. The summed E-state index contributed by atoms with van der Waals surface area (Å²) in [5, 5.41) is 9.25. The maximum Gasteiger partial charge on any atom is 0.213 e. The maximum absolute atomic E-state index is 11.0. The predicted molar refractivity (Wildman–Crippen MR) is 87.0 cm³/mol. The molecule has 0 unspecified atom stereocenters. The van der Waals surface area contributed by atoms with Crippen LogP contribution in [-0.2, 0) is 22.3 Å². The van der Waals surface area contributed by atoms with Gasteiger partial charge in [-0.05, 0) is 35.4 Å². The first-order valence-corrected chi connectivity index (χ1v) is 8.58. The molecule has 0 heterocycles. The van der Waals surface area contributed by atoms with E-state index in [0.29, 0.717) is 22.2 Å². The number of sulfonamides is 1. The molecule has 0 atom stereocenters. The minimum Gasteiger partial charge on any atom is -0.381 e. The van der Waals surface area contributed by atoms with Crippen LogP contribution in [0.2, 0.25) is 10.0 Å². The van der Waals surface area contributed by atoms with Crippen LogP contribution in [0.4, 0.5) is 5.69 Å². The van der Waals surface area contributed by atoms with Gasteiger partial charge >= 0.3 is 0 Å². The second-order valence-corrected chi connectivity index (χ2v) is 7.03. The summed E-state index contributed by atoms with van der Waals surface area (Å²) in [6, 6.07) is 12.5. The van der Waals surface area contributed by atoms with Crippen LogP contribution < -0.4 is 10.5 Å². The van der Waals surface area contributed by atoms with Gasteiger partial charge in [-0.15, -0.1) is 0 Å². The van der Waals surface area contributed by atoms with Crippen molar-refractivity contribution in [3.8, 4) is 0 Å². The molecule has 21 heavy (non-hydrogen) atoms. The molecule has 0 saturated heterocycles. The second-order valence-electron chi connectivity index (χ2n) is 4.61. The van der Waals surface area contributed by atoms with Gasteiger partial charge in [-0.25, -0.2) is 13.6 Å². The van der Waals surface area contributed by atoms with E-state index in [1.54, 1.807) is 36.4 Å². The third kappa shape index (κ3) is 5.21. The molecule has 0 amide bonds. The number of hydrogen-bond donors (Lipinski definition) is 2. The molecule has 2 rings (SSSR count). The average molecular weight is 345 g/mol. The normalized spacial score (nSPS) is 11.4. The zero-order chi connectivity index (χ0) is 15.5.